The maximum absolute atomic E-state index is 14.3. The number of carbonyl (C=O) groups is 3. The molecule has 1 N–H and O–H groups in total. The van der Waals surface area contributed by atoms with Crippen molar-refractivity contribution in [3.05, 3.63) is 40.4 Å². The van der Waals surface area contributed by atoms with Crippen LogP contribution in [0.5, 0.6) is 0 Å². The predicted molar refractivity (Wildman–Crippen MR) is 224 cm³/mol. The molecule has 4 fully saturated rings. The number of fused-ring (bicyclic) bond motifs is 7. The van der Waals surface area contributed by atoms with Gasteiger partial charge in [0.15, 0.2) is 5.78 Å². The van der Waals surface area contributed by atoms with Crippen molar-refractivity contribution < 1.29 is 28.6 Å². The second-order valence-corrected chi connectivity index (χ2v) is 21.6. The first-order valence-electron chi connectivity index (χ1n) is 21.6. The Balaban J connectivity index is 1.21. The van der Waals surface area contributed by atoms with E-state index in [-0.39, 0.29) is 51.8 Å². The highest BCUT2D eigenvalue weighted by molar-refractivity contribution is 6.30. The fourth-order valence-electron chi connectivity index (χ4n) is 13.4. The van der Waals surface area contributed by atoms with Crippen molar-refractivity contribution in [1.29, 1.82) is 0 Å². The number of carboxylic acid groups (broad SMARTS) is 1. The van der Waals surface area contributed by atoms with Crippen LogP contribution in [0, 0.1) is 50.7 Å². The predicted octanol–water partition coefficient (Wildman–Crippen LogP) is 9.46. The highest BCUT2D eigenvalue weighted by atomic mass is 35.5. The number of nitrogens with zero attached hydrogens (tertiary/aromatic N) is 5. The number of hydrogen-bond donors (Lipinski definition) is 1. The summed E-state index contributed by atoms with van der Waals surface area (Å²) in [6.07, 6.45) is 9.18. The molecule has 11 nitrogen and oxygen atoms in total. The number of aliphatic carboxylic acids is 1. The van der Waals surface area contributed by atoms with E-state index < -0.39 is 22.8 Å². The summed E-state index contributed by atoms with van der Waals surface area (Å²) in [5.74, 6) is 1.08. The minimum atomic E-state index is -1.18. The molecule has 12 heteroatoms. The molecule has 58 heavy (non-hydrogen) atoms. The first-order chi connectivity index (χ1) is 27.0. The van der Waals surface area contributed by atoms with Crippen molar-refractivity contribution in [2.45, 2.75) is 138 Å². The van der Waals surface area contributed by atoms with Gasteiger partial charge in [-0.1, -0.05) is 65.2 Å². The normalized spacial score (nSPS) is 34.3. The largest absolute Gasteiger partial charge is 0.481 e. The average molecular weight is 821 g/mol. The minimum absolute atomic E-state index is 0.0163. The lowest BCUT2D eigenvalue weighted by atomic mass is 9.33. The zero-order valence-electron chi connectivity index (χ0n) is 36.7. The number of carbonyl (C=O) groups excluding carboxylic acids is 2. The number of rotatable bonds is 11. The van der Waals surface area contributed by atoms with Gasteiger partial charge in [-0.05, 0) is 143 Å². The van der Waals surface area contributed by atoms with E-state index in [1.54, 1.807) is 20.0 Å². The van der Waals surface area contributed by atoms with E-state index in [0.717, 1.165) is 63.5 Å². The number of aromatic nitrogens is 3. The van der Waals surface area contributed by atoms with E-state index in [4.69, 9.17) is 25.9 Å². The number of halogens is 1. The van der Waals surface area contributed by atoms with Crippen LogP contribution in [0.25, 0.3) is 0 Å². The number of likely N-dealkylation sites (N-methyl/N-ethyl adjacent to an activating group) is 1. The molecule has 7 rings (SSSR count). The Hall–Kier alpha value is -3.31. The van der Waals surface area contributed by atoms with Gasteiger partial charge in [0.2, 0.25) is 5.89 Å². The summed E-state index contributed by atoms with van der Waals surface area (Å²) in [6, 6.07) is 4.05. The van der Waals surface area contributed by atoms with Gasteiger partial charge in [-0.2, -0.15) is 0 Å². The van der Waals surface area contributed by atoms with Gasteiger partial charge in [-0.25, -0.2) is 4.98 Å². The molecule has 0 aromatic carbocycles. The van der Waals surface area contributed by atoms with Gasteiger partial charge in [0.05, 0.1) is 22.3 Å². The molecule has 318 valence electrons. The minimum Gasteiger partial charge on any atom is -0.481 e. The smallest absolute Gasteiger partial charge is 0.324 e. The fraction of sp³-hybridized carbons (Fsp3) is 0.739. The standard InChI is InChI=1S/C46H66ClN5O6/c1-27(2)36-30(53)24-46(38-49-50-40(58-38)52(23-22-51(10)11)34-15-12-28(47)26-48-34)21-20-44(8)29(37(36)46)13-14-32-43(7)18-17-33(57-35(54)25-41(3,4)39(55)56)42(5,6)31(43)16-19-45(32,44)9/h12,15,26-27,29,31-33H,13-14,16-25H2,1-11H3,(H,55,56)/t29-,31+,32-,33+,43+,44-,45-,46-/m1/s1. The van der Waals surface area contributed by atoms with Crippen LogP contribution in [0.4, 0.5) is 11.8 Å². The maximum Gasteiger partial charge on any atom is 0.324 e. The number of ether oxygens (including phenoxy) is 1. The zero-order chi connectivity index (χ0) is 42.4. The fourth-order valence-corrected chi connectivity index (χ4v) is 13.5. The number of hydrogen-bond acceptors (Lipinski definition) is 10. The van der Waals surface area contributed by atoms with Crippen LogP contribution in [0.2, 0.25) is 5.02 Å². The summed E-state index contributed by atoms with van der Waals surface area (Å²) in [5, 5.41) is 19.7. The lowest BCUT2D eigenvalue weighted by molar-refractivity contribution is -0.232. The van der Waals surface area contributed by atoms with Crippen molar-refractivity contribution in [1.82, 2.24) is 20.1 Å². The lowest BCUT2D eigenvalue weighted by Crippen LogP contribution is -2.66. The third-order valence-corrected chi connectivity index (χ3v) is 16.8. The molecule has 0 aliphatic heterocycles. The number of esters is 1. The van der Waals surface area contributed by atoms with Crippen molar-refractivity contribution in [2.24, 2.45) is 50.7 Å². The summed E-state index contributed by atoms with van der Waals surface area (Å²) in [6.45, 7) is 20.9. The van der Waals surface area contributed by atoms with E-state index in [9.17, 15) is 19.5 Å². The molecule has 5 aliphatic carbocycles. The highest BCUT2D eigenvalue weighted by Gasteiger charge is 2.71. The van der Waals surface area contributed by atoms with Crippen LogP contribution in [0.15, 0.2) is 33.9 Å². The molecule has 8 atom stereocenters. The third kappa shape index (κ3) is 6.63. The Labute approximate surface area is 350 Å². The molecule has 0 saturated heterocycles. The molecule has 0 bridgehead atoms. The topological polar surface area (TPSA) is 139 Å². The zero-order valence-corrected chi connectivity index (χ0v) is 37.5. The van der Waals surface area contributed by atoms with Crippen LogP contribution < -0.4 is 4.90 Å². The summed E-state index contributed by atoms with van der Waals surface area (Å²) in [7, 11) is 4.05. The number of pyridine rings is 1. The van der Waals surface area contributed by atoms with E-state index in [2.05, 4.69) is 63.4 Å². The molecule has 2 aromatic rings. The number of anilines is 2. The Morgan fingerprint density at radius 3 is 2.33 bits per heavy atom. The average Bonchev–Trinajstić information content (AvgIpc) is 3.74. The van der Waals surface area contributed by atoms with Gasteiger partial charge >= 0.3 is 18.0 Å². The first kappa shape index (κ1) is 42.8. The molecule has 0 amide bonds. The molecule has 5 aliphatic rings. The van der Waals surface area contributed by atoms with Crippen LogP contribution in [0.1, 0.15) is 132 Å². The van der Waals surface area contributed by atoms with Crippen molar-refractivity contribution in [2.75, 3.05) is 32.1 Å². The van der Waals surface area contributed by atoms with E-state index >= 15 is 0 Å². The van der Waals surface area contributed by atoms with Crippen LogP contribution >= 0.6 is 11.6 Å². The van der Waals surface area contributed by atoms with Crippen LogP contribution in [-0.4, -0.2) is 76.2 Å². The van der Waals surface area contributed by atoms with Gasteiger partial charge < -0.3 is 19.2 Å². The highest BCUT2D eigenvalue weighted by Crippen LogP contribution is 2.77. The van der Waals surface area contributed by atoms with Crippen molar-refractivity contribution >= 4 is 41.2 Å². The number of Topliss-reactive ketones (excluding diaryl/α,β-unsaturated/α-hetero) is 1. The molecule has 2 heterocycles. The number of ketones is 1. The summed E-state index contributed by atoms with van der Waals surface area (Å²) in [5.41, 5.74) is 0.139. The second kappa shape index (κ2) is 14.7. The Morgan fingerprint density at radius 1 is 0.966 bits per heavy atom. The van der Waals surface area contributed by atoms with Crippen LogP contribution in [0.3, 0.4) is 0 Å². The van der Waals surface area contributed by atoms with E-state index in [1.165, 1.54) is 5.57 Å². The maximum atomic E-state index is 14.3. The Bertz CT molecular complexity index is 1970. The Kier molecular flexibility index (Phi) is 10.8. The van der Waals surface area contributed by atoms with E-state index in [1.807, 2.05) is 31.1 Å². The quantitative estimate of drug-likeness (QED) is 0.217. The second-order valence-electron chi connectivity index (χ2n) is 21.2. The van der Waals surface area contributed by atoms with Gasteiger partial charge in [-0.3, -0.25) is 19.3 Å². The number of carboxylic acids is 1. The third-order valence-electron chi connectivity index (χ3n) is 16.6. The summed E-state index contributed by atoms with van der Waals surface area (Å²) < 4.78 is 13.0. The van der Waals surface area contributed by atoms with Crippen molar-refractivity contribution in [3.8, 4) is 0 Å². The molecule has 4 saturated carbocycles. The van der Waals surface area contributed by atoms with E-state index in [0.29, 0.717) is 47.5 Å². The van der Waals surface area contributed by atoms with Gasteiger partial charge in [0, 0.05) is 31.1 Å². The summed E-state index contributed by atoms with van der Waals surface area (Å²) >= 11 is 6.22. The van der Waals surface area contributed by atoms with Gasteiger partial charge in [0.1, 0.15) is 11.9 Å². The van der Waals surface area contributed by atoms with Gasteiger partial charge in [0.25, 0.3) is 0 Å². The monoisotopic (exact) mass is 819 g/mol. The Morgan fingerprint density at radius 2 is 1.69 bits per heavy atom. The molecule has 0 radical (unpaired) electrons. The van der Waals surface area contributed by atoms with Gasteiger partial charge in [-0.15, -0.1) is 5.10 Å². The summed E-state index contributed by atoms with van der Waals surface area (Å²) in [4.78, 5) is 48.0. The SMILES string of the molecule is CC(C)C1=C2[C@H]3CC[C@@H]4[C@@]5(C)CC[C@H](OC(=O)CC(C)(C)C(=O)O)C(C)(C)[C@@H]5CC[C@@]4(C)[C@]3(C)CC[C@@]2(c2nnc(N(CCN(C)C)c3ccc(Cl)cn3)o2)CC1=O. The lowest BCUT2D eigenvalue weighted by Gasteiger charge is -2.72. The molecule has 2 aromatic heterocycles. The molecule has 0 spiro atoms. The molecular weight excluding hydrogens is 754 g/mol. The van der Waals surface area contributed by atoms with Crippen LogP contribution in [-0.2, 0) is 24.5 Å². The van der Waals surface area contributed by atoms with Crippen molar-refractivity contribution in [3.63, 3.8) is 0 Å². The number of allylic oxidation sites excluding steroid dienone is 2. The molecule has 0 unspecified atom stereocenters. The first-order valence-corrected chi connectivity index (χ1v) is 22.0. The molecular formula is C46H66ClN5O6.